The van der Waals surface area contributed by atoms with Crippen molar-refractivity contribution in [2.45, 2.75) is 52.0 Å². The molecule has 0 radical (unpaired) electrons. The molecule has 0 amide bonds. The molecule has 0 atom stereocenters. The Morgan fingerprint density at radius 3 is 2.10 bits per heavy atom. The fourth-order valence-electron chi connectivity index (χ4n) is 4.12. The summed E-state index contributed by atoms with van der Waals surface area (Å²) in [7, 11) is 1.99. The van der Waals surface area contributed by atoms with E-state index in [1.165, 1.54) is 45.3 Å². The quantitative estimate of drug-likeness (QED) is 0.325. The Balaban J connectivity index is 1.42. The summed E-state index contributed by atoms with van der Waals surface area (Å²) in [5.41, 5.74) is 0. The molecule has 0 bridgehead atoms. The lowest BCUT2D eigenvalue weighted by atomic mass is 10.2. The molecule has 176 valence electrons. The fraction of sp³-hybridized carbons (Fsp3) is 0.864. The topological polar surface area (TPSA) is 82.8 Å². The highest BCUT2D eigenvalue weighted by Gasteiger charge is 2.11. The molecule has 0 spiro atoms. The van der Waals surface area contributed by atoms with Crippen molar-refractivity contribution >= 4 is 5.96 Å². The van der Waals surface area contributed by atoms with E-state index in [1.54, 1.807) is 0 Å². The second-order valence-electron chi connectivity index (χ2n) is 8.66. The highest BCUT2D eigenvalue weighted by atomic mass is 16.5. The molecular formula is C22H42N8O. The second kappa shape index (κ2) is 13.6. The van der Waals surface area contributed by atoms with Gasteiger partial charge in [0.25, 0.3) is 0 Å². The van der Waals surface area contributed by atoms with E-state index in [9.17, 15) is 0 Å². The number of aromatic nitrogens is 3. The first-order valence-electron chi connectivity index (χ1n) is 12.1. The van der Waals surface area contributed by atoms with Gasteiger partial charge in [-0.1, -0.05) is 12.8 Å². The van der Waals surface area contributed by atoms with Crippen molar-refractivity contribution in [1.29, 1.82) is 0 Å². The van der Waals surface area contributed by atoms with Crippen molar-refractivity contribution in [2.75, 3.05) is 65.6 Å². The van der Waals surface area contributed by atoms with Gasteiger partial charge in [-0.15, -0.1) is 10.2 Å². The molecule has 2 aliphatic heterocycles. The van der Waals surface area contributed by atoms with Crippen molar-refractivity contribution in [3.63, 3.8) is 0 Å². The van der Waals surface area contributed by atoms with Crippen LogP contribution in [0.3, 0.4) is 0 Å². The molecule has 0 aliphatic carbocycles. The van der Waals surface area contributed by atoms with Crippen LogP contribution in [0.25, 0.3) is 0 Å². The van der Waals surface area contributed by atoms with Gasteiger partial charge in [0.05, 0.1) is 13.2 Å². The molecular weight excluding hydrogens is 392 g/mol. The van der Waals surface area contributed by atoms with Crippen LogP contribution in [0.2, 0.25) is 0 Å². The summed E-state index contributed by atoms with van der Waals surface area (Å²) in [6.45, 7) is 12.9. The highest BCUT2D eigenvalue weighted by Crippen LogP contribution is 2.09. The summed E-state index contributed by atoms with van der Waals surface area (Å²) < 4.78 is 7.43. The van der Waals surface area contributed by atoms with Crippen LogP contribution < -0.4 is 10.6 Å². The van der Waals surface area contributed by atoms with Crippen LogP contribution in [-0.2, 0) is 18.3 Å². The summed E-state index contributed by atoms with van der Waals surface area (Å²) in [6.07, 6.45) is 7.71. The first kappa shape index (κ1) is 23.9. The largest absolute Gasteiger partial charge is 0.379 e. The first-order chi connectivity index (χ1) is 15.2. The van der Waals surface area contributed by atoms with Crippen molar-refractivity contribution in [3.8, 4) is 0 Å². The van der Waals surface area contributed by atoms with Gasteiger partial charge >= 0.3 is 0 Å². The third-order valence-electron chi connectivity index (χ3n) is 6.25. The number of ether oxygens (including phenoxy) is 1. The van der Waals surface area contributed by atoms with Crippen molar-refractivity contribution in [3.05, 3.63) is 11.6 Å². The molecule has 0 saturated carbocycles. The Morgan fingerprint density at radius 1 is 0.903 bits per heavy atom. The third-order valence-corrected chi connectivity index (χ3v) is 6.25. The van der Waals surface area contributed by atoms with Gasteiger partial charge in [0.15, 0.2) is 11.8 Å². The Kier molecular flexibility index (Phi) is 10.5. The van der Waals surface area contributed by atoms with E-state index in [0.717, 1.165) is 76.4 Å². The number of nitrogens with one attached hydrogen (secondary N) is 2. The van der Waals surface area contributed by atoms with Crippen LogP contribution in [-0.4, -0.2) is 96.1 Å². The van der Waals surface area contributed by atoms with Gasteiger partial charge in [-0.25, -0.2) is 4.99 Å². The molecule has 3 rings (SSSR count). The third kappa shape index (κ3) is 8.74. The summed E-state index contributed by atoms with van der Waals surface area (Å²) in [5.74, 6) is 2.67. The monoisotopic (exact) mass is 434 g/mol. The van der Waals surface area contributed by atoms with Gasteiger partial charge in [-0.3, -0.25) is 4.90 Å². The number of aliphatic imine (C=N–C) groups is 1. The van der Waals surface area contributed by atoms with E-state index in [1.807, 2.05) is 18.5 Å². The number of likely N-dealkylation sites (tertiary alicyclic amines) is 1. The van der Waals surface area contributed by atoms with Crippen molar-refractivity contribution in [2.24, 2.45) is 12.0 Å². The average molecular weight is 435 g/mol. The van der Waals surface area contributed by atoms with Crippen LogP contribution in [0.5, 0.6) is 0 Å². The minimum Gasteiger partial charge on any atom is -0.379 e. The van der Waals surface area contributed by atoms with E-state index in [-0.39, 0.29) is 0 Å². The molecule has 9 heteroatoms. The molecule has 31 heavy (non-hydrogen) atoms. The van der Waals surface area contributed by atoms with E-state index in [2.05, 4.69) is 30.6 Å². The number of hydrogen-bond acceptors (Lipinski definition) is 6. The SMILES string of the molecule is Cc1nnc(CN=C(NCCCN2CCCCCC2)NCCCN2CCOCC2)n1C. The molecule has 0 unspecified atom stereocenters. The standard InChI is InChI=1S/C22H42N8O/c1-20-26-27-21(28(20)2)19-25-22(24-10-8-14-30-15-17-31-18-16-30)23-9-7-13-29-11-5-3-4-6-12-29/h3-19H2,1-2H3,(H2,23,24,25). The summed E-state index contributed by atoms with van der Waals surface area (Å²) >= 11 is 0. The smallest absolute Gasteiger partial charge is 0.191 e. The summed E-state index contributed by atoms with van der Waals surface area (Å²) in [5, 5.41) is 15.4. The van der Waals surface area contributed by atoms with Gasteiger partial charge in [-0.05, 0) is 58.8 Å². The average Bonchev–Trinajstić information content (AvgIpc) is 2.98. The normalized spacial score (nSPS) is 19.4. The van der Waals surface area contributed by atoms with E-state index in [0.29, 0.717) is 6.54 Å². The Bertz CT molecular complexity index is 648. The number of morpholine rings is 1. The van der Waals surface area contributed by atoms with Crippen molar-refractivity contribution < 1.29 is 4.74 Å². The van der Waals surface area contributed by atoms with Crippen LogP contribution in [0.4, 0.5) is 0 Å². The maximum atomic E-state index is 5.43. The fourth-order valence-corrected chi connectivity index (χ4v) is 4.12. The van der Waals surface area contributed by atoms with E-state index < -0.39 is 0 Å². The number of hydrogen-bond donors (Lipinski definition) is 2. The lowest BCUT2D eigenvalue weighted by Crippen LogP contribution is -2.41. The van der Waals surface area contributed by atoms with Gasteiger partial charge in [0.2, 0.25) is 0 Å². The number of rotatable bonds is 10. The van der Waals surface area contributed by atoms with Gasteiger partial charge in [0, 0.05) is 33.2 Å². The minimum atomic E-state index is 0.530. The molecule has 0 aromatic carbocycles. The van der Waals surface area contributed by atoms with Gasteiger partial charge in [0.1, 0.15) is 12.4 Å². The Hall–Kier alpha value is -1.71. The molecule has 9 nitrogen and oxygen atoms in total. The highest BCUT2D eigenvalue weighted by molar-refractivity contribution is 5.79. The lowest BCUT2D eigenvalue weighted by molar-refractivity contribution is 0.0376. The van der Waals surface area contributed by atoms with Crippen LogP contribution in [0.15, 0.2) is 4.99 Å². The summed E-state index contributed by atoms with van der Waals surface area (Å²) in [4.78, 5) is 9.86. The first-order valence-corrected chi connectivity index (χ1v) is 12.1. The molecule has 2 N–H and O–H groups in total. The zero-order chi connectivity index (χ0) is 21.7. The number of nitrogens with zero attached hydrogens (tertiary/aromatic N) is 6. The molecule has 1 aromatic rings. The lowest BCUT2D eigenvalue weighted by Gasteiger charge is -2.26. The summed E-state index contributed by atoms with van der Waals surface area (Å²) in [6, 6.07) is 0. The molecule has 2 fully saturated rings. The number of guanidine groups is 1. The van der Waals surface area contributed by atoms with E-state index >= 15 is 0 Å². The maximum absolute atomic E-state index is 5.43. The predicted molar refractivity (Wildman–Crippen MR) is 124 cm³/mol. The number of aryl methyl sites for hydroxylation is 1. The molecule has 2 aliphatic rings. The minimum absolute atomic E-state index is 0.530. The van der Waals surface area contributed by atoms with Crippen molar-refractivity contribution in [1.82, 2.24) is 35.2 Å². The zero-order valence-corrected chi connectivity index (χ0v) is 19.6. The van der Waals surface area contributed by atoms with Crippen LogP contribution in [0, 0.1) is 6.92 Å². The van der Waals surface area contributed by atoms with E-state index in [4.69, 9.17) is 9.73 Å². The second-order valence-corrected chi connectivity index (χ2v) is 8.66. The maximum Gasteiger partial charge on any atom is 0.191 e. The predicted octanol–water partition coefficient (Wildman–Crippen LogP) is 1.15. The Morgan fingerprint density at radius 2 is 1.52 bits per heavy atom. The van der Waals surface area contributed by atoms with Gasteiger partial charge in [-0.2, -0.15) is 0 Å². The zero-order valence-electron chi connectivity index (χ0n) is 19.6. The molecule has 3 heterocycles. The van der Waals surface area contributed by atoms with Crippen LogP contribution in [0.1, 0.15) is 50.2 Å². The Labute approximate surface area is 187 Å². The van der Waals surface area contributed by atoms with Crippen LogP contribution >= 0.6 is 0 Å². The molecule has 1 aromatic heterocycles. The van der Waals surface area contributed by atoms with Gasteiger partial charge < -0.3 is 24.8 Å². The molecule has 2 saturated heterocycles.